The number of nitrogens with zero attached hydrogens (tertiary/aromatic N) is 1. The van der Waals surface area contributed by atoms with Gasteiger partial charge in [0.15, 0.2) is 17.3 Å². The Labute approximate surface area is 224 Å². The number of aromatic nitrogens is 1. The van der Waals surface area contributed by atoms with Gasteiger partial charge in [-0.05, 0) is 36.4 Å². The summed E-state index contributed by atoms with van der Waals surface area (Å²) in [6, 6.07) is 7.12. The van der Waals surface area contributed by atoms with Crippen molar-refractivity contribution in [3.8, 4) is 23.0 Å². The number of amides is 2. The molecule has 0 aliphatic carbocycles. The zero-order chi connectivity index (χ0) is 30.0. The van der Waals surface area contributed by atoms with Gasteiger partial charge in [0.25, 0.3) is 11.8 Å². The van der Waals surface area contributed by atoms with Crippen LogP contribution in [0.3, 0.4) is 0 Å². The van der Waals surface area contributed by atoms with E-state index in [1.807, 2.05) is 0 Å². The van der Waals surface area contributed by atoms with Gasteiger partial charge in [0, 0.05) is 11.4 Å². The molecule has 1 heterocycles. The van der Waals surface area contributed by atoms with Gasteiger partial charge in [-0.2, -0.15) is 13.2 Å². The van der Waals surface area contributed by atoms with Crippen LogP contribution in [0.2, 0.25) is 0 Å². The Morgan fingerprint density at radius 2 is 1.52 bits per heavy atom. The van der Waals surface area contributed by atoms with Crippen molar-refractivity contribution in [2.24, 2.45) is 5.73 Å². The number of alkyl halides is 6. The predicted octanol–water partition coefficient (Wildman–Crippen LogP) is 2.17. The van der Waals surface area contributed by atoms with E-state index in [4.69, 9.17) is 15.2 Å². The number of benzene rings is 2. The highest BCUT2D eigenvalue weighted by atomic mass is 19.4. The van der Waals surface area contributed by atoms with Gasteiger partial charge in [-0.15, -0.1) is 13.2 Å². The van der Waals surface area contributed by atoms with Crippen LogP contribution < -0.4 is 25.3 Å². The number of hydrogen-bond donors (Lipinski definition) is 2. The first-order valence-corrected chi connectivity index (χ1v) is 11.1. The molecule has 0 atom stereocenters. The number of ether oxygens (including phenoxy) is 3. The molecule has 40 heavy (non-hydrogen) atoms. The predicted molar refractivity (Wildman–Crippen MR) is 134 cm³/mol. The third-order valence-electron chi connectivity index (χ3n) is 4.66. The number of hydrogen-bond acceptors (Lipinski definition) is 6. The molecule has 18 heteroatoms. The fourth-order valence-corrected chi connectivity index (χ4v) is 3.19. The molecule has 0 unspecified atom stereocenters. The lowest BCUT2D eigenvalue weighted by atomic mass is 9.52. The van der Waals surface area contributed by atoms with Gasteiger partial charge < -0.3 is 25.3 Å². The number of halogens is 7. The summed E-state index contributed by atoms with van der Waals surface area (Å²) in [5.41, 5.74) is 1.80. The van der Waals surface area contributed by atoms with Crippen LogP contribution in [0.5, 0.6) is 23.0 Å². The Kier molecular flexibility index (Phi) is 8.31. The first-order valence-electron chi connectivity index (χ1n) is 11.1. The van der Waals surface area contributed by atoms with Crippen molar-refractivity contribution in [2.75, 3.05) is 5.32 Å². The summed E-state index contributed by atoms with van der Waals surface area (Å²) in [5.74, 6) is -7.01. The molecular formula is C22H17B3F7N3O5. The molecule has 2 aromatic carbocycles. The smallest absolute Gasteiger partial charge is 0.510 e. The van der Waals surface area contributed by atoms with Gasteiger partial charge in [0.05, 0.1) is 5.56 Å². The average molecular weight is 569 g/mol. The van der Waals surface area contributed by atoms with E-state index in [0.29, 0.717) is 12.1 Å². The van der Waals surface area contributed by atoms with Crippen LogP contribution in [0.15, 0.2) is 48.5 Å². The molecule has 0 aliphatic heterocycles. The molecule has 208 valence electrons. The first-order chi connectivity index (χ1) is 18.3. The van der Waals surface area contributed by atoms with E-state index in [1.54, 1.807) is 0 Å². The van der Waals surface area contributed by atoms with Crippen molar-refractivity contribution < 1.29 is 54.5 Å². The number of primary amides is 1. The highest BCUT2D eigenvalue weighted by Gasteiger charge is 2.38. The van der Waals surface area contributed by atoms with Gasteiger partial charge in [-0.3, -0.25) is 9.59 Å². The van der Waals surface area contributed by atoms with Crippen molar-refractivity contribution in [3.63, 3.8) is 0 Å². The van der Waals surface area contributed by atoms with Crippen LogP contribution in [0.25, 0.3) is 0 Å². The minimum absolute atomic E-state index is 0.302. The van der Waals surface area contributed by atoms with E-state index in [2.05, 4.69) is 15.0 Å². The third-order valence-corrected chi connectivity index (χ3v) is 4.66. The summed E-state index contributed by atoms with van der Waals surface area (Å²) in [5, 5.41) is 1.05. The number of nitrogens with two attached hydrogens (primary N) is 1. The molecule has 0 saturated heterocycles. The van der Waals surface area contributed by atoms with E-state index in [0.717, 1.165) is 24.3 Å². The summed E-state index contributed by atoms with van der Waals surface area (Å²) in [4.78, 5) is 28.1. The molecule has 3 aromatic rings. The van der Waals surface area contributed by atoms with Crippen LogP contribution in [-0.4, -0.2) is 52.0 Å². The molecule has 0 saturated carbocycles. The van der Waals surface area contributed by atoms with Crippen molar-refractivity contribution >= 4 is 41.2 Å². The lowest BCUT2D eigenvalue weighted by Gasteiger charge is -2.25. The van der Waals surface area contributed by atoms with Crippen molar-refractivity contribution in [1.29, 1.82) is 0 Å². The zero-order valence-corrected chi connectivity index (χ0v) is 20.8. The third kappa shape index (κ3) is 7.83. The van der Waals surface area contributed by atoms with Gasteiger partial charge in [0.1, 0.15) is 52.1 Å². The number of rotatable bonds is 8. The highest BCUT2D eigenvalue weighted by molar-refractivity contribution is 6.58. The van der Waals surface area contributed by atoms with Crippen molar-refractivity contribution in [3.05, 3.63) is 71.2 Å². The summed E-state index contributed by atoms with van der Waals surface area (Å²) < 4.78 is 109. The van der Waals surface area contributed by atoms with Gasteiger partial charge >= 0.3 is 12.5 Å². The maximum absolute atomic E-state index is 15.2. The summed E-state index contributed by atoms with van der Waals surface area (Å²) in [6.45, 7) is 0. The number of pyridine rings is 1. The Hall–Kier alpha value is -4.37. The van der Waals surface area contributed by atoms with Gasteiger partial charge in [-0.25, -0.2) is 9.37 Å². The Morgan fingerprint density at radius 3 is 2.10 bits per heavy atom. The minimum atomic E-state index is -5.21. The van der Waals surface area contributed by atoms with Crippen molar-refractivity contribution in [2.45, 2.75) is 17.8 Å². The number of carbonyl (C=O) groups is 2. The Balaban J connectivity index is 2.11. The Morgan fingerprint density at radius 1 is 0.875 bits per heavy atom. The molecule has 3 N–H and O–H groups in total. The summed E-state index contributed by atoms with van der Waals surface area (Å²) in [6.07, 6.45) is -10.3. The fourth-order valence-electron chi connectivity index (χ4n) is 3.19. The molecule has 1 aromatic heterocycles. The second-order valence-electron chi connectivity index (χ2n) is 9.00. The lowest BCUT2D eigenvalue weighted by Crippen LogP contribution is -2.37. The number of carbonyl (C=O) groups excluding carboxylic acids is 2. The largest absolute Gasteiger partial charge is 0.573 e. The second-order valence-corrected chi connectivity index (χ2v) is 9.00. The zero-order valence-electron chi connectivity index (χ0n) is 20.8. The summed E-state index contributed by atoms with van der Waals surface area (Å²) in [7, 11) is 4.62. The molecule has 3 rings (SSSR count). The maximum atomic E-state index is 15.2. The molecule has 8 nitrogen and oxygen atoms in total. The van der Waals surface area contributed by atoms with E-state index < -0.39 is 58.1 Å². The van der Waals surface area contributed by atoms with E-state index in [1.165, 1.54) is 35.7 Å². The van der Waals surface area contributed by atoms with E-state index >= 15 is 4.39 Å². The van der Waals surface area contributed by atoms with Gasteiger partial charge in [-0.1, -0.05) is 6.07 Å². The lowest BCUT2D eigenvalue weighted by molar-refractivity contribution is -0.274. The first kappa shape index (κ1) is 30.2. The fraction of sp³-hybridized carbons (Fsp3) is 0.136. The highest BCUT2D eigenvalue weighted by Crippen LogP contribution is 2.41. The topological polar surface area (TPSA) is 113 Å². The standard InChI is InChI=1S/C22H17B3F7N3O5/c23-21(24,25)40-14-8-9(39-22(30,31)32)4-6-12(14)38-13-7-5-10(20(27,28)29)17(26)16(13)19(37)35-15-3-1-2-11(34-15)18(33)36/h1-8H,23-25H2,(H2,33,36)(H,34,35,37). The molecule has 0 spiro atoms. The molecule has 0 bridgehead atoms. The van der Waals surface area contributed by atoms with E-state index in [-0.39, 0.29) is 23.0 Å². The van der Waals surface area contributed by atoms with Crippen LogP contribution in [0, 0.1) is 5.82 Å². The average Bonchev–Trinajstić information content (AvgIpc) is 2.78. The van der Waals surface area contributed by atoms with Crippen LogP contribution >= 0.6 is 0 Å². The monoisotopic (exact) mass is 569 g/mol. The van der Waals surface area contributed by atoms with Crippen molar-refractivity contribution in [1.82, 2.24) is 4.98 Å². The van der Waals surface area contributed by atoms with Crippen LogP contribution in [-0.2, 0) is 6.18 Å². The number of nitrogens with one attached hydrogen (secondary N) is 1. The van der Waals surface area contributed by atoms with Gasteiger partial charge in [0.2, 0.25) is 0 Å². The summed E-state index contributed by atoms with van der Waals surface area (Å²) >= 11 is 0. The quantitative estimate of drug-likeness (QED) is 0.318. The molecule has 0 fully saturated rings. The van der Waals surface area contributed by atoms with E-state index in [9.17, 15) is 35.9 Å². The maximum Gasteiger partial charge on any atom is 0.573 e. The normalized spacial score (nSPS) is 12.0. The SMILES string of the molecule is BC(B)(B)Oc1cc(OC(F)(F)F)ccc1Oc1ccc(C(F)(F)F)c(F)c1C(=O)Nc1cccc(C(N)=O)n1. The Bertz CT molecular complexity index is 1450. The second kappa shape index (κ2) is 11.0. The molecule has 0 radical (unpaired) electrons. The van der Waals surface area contributed by atoms with Crippen LogP contribution in [0.4, 0.5) is 36.6 Å². The minimum Gasteiger partial charge on any atom is -0.510 e. The molecule has 2 amide bonds. The molecular weight excluding hydrogens is 552 g/mol. The number of anilines is 1. The molecule has 0 aliphatic rings. The van der Waals surface area contributed by atoms with Crippen LogP contribution in [0.1, 0.15) is 26.4 Å².